The van der Waals surface area contributed by atoms with Crippen molar-refractivity contribution in [3.05, 3.63) is 34.6 Å². The fourth-order valence-electron chi connectivity index (χ4n) is 1.61. The van der Waals surface area contributed by atoms with Crippen LogP contribution in [0, 0.1) is 5.82 Å². The molecule has 0 radical (unpaired) electrons. The van der Waals surface area contributed by atoms with Gasteiger partial charge in [-0.15, -0.1) is 11.8 Å². The summed E-state index contributed by atoms with van der Waals surface area (Å²) < 4.78 is 13.6. The molecule has 1 nitrogen and oxygen atoms in total. The molecule has 0 saturated carbocycles. The van der Waals surface area contributed by atoms with Crippen molar-refractivity contribution in [2.45, 2.75) is 24.8 Å². The zero-order chi connectivity index (χ0) is 11.1. The average Bonchev–Trinajstić information content (AvgIpc) is 2.50. The zero-order valence-corrected chi connectivity index (χ0v) is 10.3. The Balaban J connectivity index is 2.27. The number of nitrogens with one attached hydrogen (secondary N) is 1. The van der Waals surface area contributed by atoms with Crippen LogP contribution in [0.25, 0.3) is 0 Å². The Labute approximate surface area is 98.4 Å². The minimum absolute atomic E-state index is 0.0127. The first-order chi connectivity index (χ1) is 6.98. The molecule has 4 heteroatoms. The first-order valence-corrected chi connectivity index (χ1v) is 6.25. The highest BCUT2D eigenvalue weighted by molar-refractivity contribution is 7.99. The van der Waals surface area contributed by atoms with Gasteiger partial charge in [0.05, 0.1) is 5.37 Å². The first kappa shape index (κ1) is 11.2. The van der Waals surface area contributed by atoms with E-state index in [-0.39, 0.29) is 16.7 Å². The van der Waals surface area contributed by atoms with Gasteiger partial charge in [0.1, 0.15) is 5.82 Å². The molecule has 1 aromatic rings. The monoisotopic (exact) mass is 245 g/mol. The van der Waals surface area contributed by atoms with Gasteiger partial charge < -0.3 is 0 Å². The predicted molar refractivity (Wildman–Crippen MR) is 63.8 cm³/mol. The summed E-state index contributed by atoms with van der Waals surface area (Å²) in [6, 6.07) is 4.69. The highest BCUT2D eigenvalue weighted by atomic mass is 35.5. The number of benzene rings is 1. The Morgan fingerprint density at radius 3 is 2.87 bits per heavy atom. The molecule has 1 unspecified atom stereocenters. The van der Waals surface area contributed by atoms with Crippen LogP contribution in [-0.2, 0) is 0 Å². The highest BCUT2D eigenvalue weighted by Gasteiger charge is 2.32. The summed E-state index contributed by atoms with van der Waals surface area (Å²) in [6.45, 7) is 4.23. The maximum absolute atomic E-state index is 13.6. The second kappa shape index (κ2) is 3.96. The smallest absolute Gasteiger partial charge is 0.128 e. The van der Waals surface area contributed by atoms with Gasteiger partial charge in [0.15, 0.2) is 0 Å². The standard InChI is InChI=1S/C11H13ClFNS/c1-11(2)6-15-10(14-11)8-5-7(12)3-4-9(8)13/h3-5,10,14H,6H2,1-2H3. The van der Waals surface area contributed by atoms with Crippen LogP contribution in [0.3, 0.4) is 0 Å². The third kappa shape index (κ3) is 2.47. The SMILES string of the molecule is CC1(C)CSC(c2cc(Cl)ccc2F)N1. The van der Waals surface area contributed by atoms with Gasteiger partial charge in [0.25, 0.3) is 0 Å². The molecular weight excluding hydrogens is 233 g/mol. The minimum atomic E-state index is -0.192. The summed E-state index contributed by atoms with van der Waals surface area (Å²) in [5.41, 5.74) is 0.711. The number of hydrogen-bond donors (Lipinski definition) is 1. The van der Waals surface area contributed by atoms with Crippen molar-refractivity contribution in [2.24, 2.45) is 0 Å². The molecule has 1 N–H and O–H groups in total. The van der Waals surface area contributed by atoms with Gasteiger partial charge in [0.2, 0.25) is 0 Å². The van der Waals surface area contributed by atoms with Crippen LogP contribution in [0.4, 0.5) is 4.39 Å². The second-order valence-corrected chi connectivity index (χ2v) is 5.91. The van der Waals surface area contributed by atoms with E-state index in [0.29, 0.717) is 10.6 Å². The zero-order valence-electron chi connectivity index (χ0n) is 8.68. The maximum atomic E-state index is 13.6. The van der Waals surface area contributed by atoms with Crippen molar-refractivity contribution in [3.63, 3.8) is 0 Å². The van der Waals surface area contributed by atoms with Gasteiger partial charge in [-0.25, -0.2) is 4.39 Å². The molecule has 1 atom stereocenters. The Hall–Kier alpha value is -0.250. The van der Waals surface area contributed by atoms with E-state index >= 15 is 0 Å². The summed E-state index contributed by atoms with van der Waals surface area (Å²) >= 11 is 7.58. The average molecular weight is 246 g/mol. The van der Waals surface area contributed by atoms with E-state index in [1.165, 1.54) is 6.07 Å². The van der Waals surface area contributed by atoms with Crippen molar-refractivity contribution in [3.8, 4) is 0 Å². The van der Waals surface area contributed by atoms with Crippen molar-refractivity contribution in [1.29, 1.82) is 0 Å². The Morgan fingerprint density at radius 2 is 2.27 bits per heavy atom. The van der Waals surface area contributed by atoms with Crippen LogP contribution in [0.15, 0.2) is 18.2 Å². The fraction of sp³-hybridized carbons (Fsp3) is 0.455. The Kier molecular flexibility index (Phi) is 2.97. The lowest BCUT2D eigenvalue weighted by Crippen LogP contribution is -2.36. The topological polar surface area (TPSA) is 12.0 Å². The summed E-state index contributed by atoms with van der Waals surface area (Å²) in [6.07, 6.45) is 0. The van der Waals surface area contributed by atoms with Crippen molar-refractivity contribution >= 4 is 23.4 Å². The number of thioether (sulfide) groups is 1. The molecule has 1 heterocycles. The third-order valence-corrected chi connectivity index (χ3v) is 4.20. The second-order valence-electron chi connectivity index (χ2n) is 4.39. The highest BCUT2D eigenvalue weighted by Crippen LogP contribution is 2.38. The fourth-order valence-corrected chi connectivity index (χ4v) is 3.22. The quantitative estimate of drug-likeness (QED) is 0.812. The number of halogens is 2. The van der Waals surface area contributed by atoms with E-state index in [2.05, 4.69) is 19.2 Å². The lowest BCUT2D eigenvalue weighted by atomic mass is 10.1. The summed E-state index contributed by atoms with van der Waals surface area (Å²) in [5, 5.41) is 3.97. The van der Waals surface area contributed by atoms with E-state index in [0.717, 1.165) is 5.75 Å². The van der Waals surface area contributed by atoms with E-state index in [9.17, 15) is 4.39 Å². The molecule has 0 spiro atoms. The number of hydrogen-bond acceptors (Lipinski definition) is 2. The van der Waals surface area contributed by atoms with Crippen LogP contribution in [-0.4, -0.2) is 11.3 Å². The van der Waals surface area contributed by atoms with Crippen molar-refractivity contribution < 1.29 is 4.39 Å². The molecule has 82 valence electrons. The molecule has 15 heavy (non-hydrogen) atoms. The molecule has 2 rings (SSSR count). The molecule has 1 fully saturated rings. The normalized spacial score (nSPS) is 24.4. The molecule has 1 aliphatic rings. The van der Waals surface area contributed by atoms with Gasteiger partial charge in [-0.1, -0.05) is 11.6 Å². The van der Waals surface area contributed by atoms with Crippen LogP contribution in [0.5, 0.6) is 0 Å². The summed E-state index contributed by atoms with van der Waals surface area (Å²) in [4.78, 5) is 0. The Morgan fingerprint density at radius 1 is 1.53 bits per heavy atom. The van der Waals surface area contributed by atoms with E-state index in [1.807, 2.05) is 0 Å². The number of rotatable bonds is 1. The van der Waals surface area contributed by atoms with Gasteiger partial charge in [0, 0.05) is 21.9 Å². The van der Waals surface area contributed by atoms with Gasteiger partial charge in [-0.3, -0.25) is 5.32 Å². The summed E-state index contributed by atoms with van der Waals surface area (Å²) in [5.74, 6) is 0.783. The third-order valence-electron chi connectivity index (χ3n) is 2.37. The van der Waals surface area contributed by atoms with Crippen LogP contribution >= 0.6 is 23.4 Å². The van der Waals surface area contributed by atoms with Gasteiger partial charge in [-0.2, -0.15) is 0 Å². The molecule has 0 aromatic heterocycles. The van der Waals surface area contributed by atoms with Crippen LogP contribution in [0.1, 0.15) is 24.8 Å². The summed E-state index contributed by atoms with van der Waals surface area (Å²) in [7, 11) is 0. The Bertz CT molecular complexity index is 381. The maximum Gasteiger partial charge on any atom is 0.128 e. The van der Waals surface area contributed by atoms with E-state index in [1.54, 1.807) is 23.9 Å². The lowest BCUT2D eigenvalue weighted by molar-refractivity contribution is 0.445. The van der Waals surface area contributed by atoms with Gasteiger partial charge in [-0.05, 0) is 32.0 Å². The largest absolute Gasteiger partial charge is 0.296 e. The molecule has 1 aromatic carbocycles. The van der Waals surface area contributed by atoms with Crippen LogP contribution < -0.4 is 5.32 Å². The lowest BCUT2D eigenvalue weighted by Gasteiger charge is -2.19. The molecule has 1 aliphatic heterocycles. The van der Waals surface area contributed by atoms with E-state index < -0.39 is 0 Å². The van der Waals surface area contributed by atoms with E-state index in [4.69, 9.17) is 11.6 Å². The van der Waals surface area contributed by atoms with Gasteiger partial charge >= 0.3 is 0 Å². The molecular formula is C11H13ClFNS. The predicted octanol–water partition coefficient (Wildman–Crippen LogP) is 3.59. The first-order valence-electron chi connectivity index (χ1n) is 4.82. The molecule has 0 amide bonds. The minimum Gasteiger partial charge on any atom is -0.296 e. The van der Waals surface area contributed by atoms with Crippen molar-refractivity contribution in [1.82, 2.24) is 5.32 Å². The molecule has 0 bridgehead atoms. The molecule has 0 aliphatic carbocycles. The van der Waals surface area contributed by atoms with Crippen molar-refractivity contribution in [2.75, 3.05) is 5.75 Å². The molecule has 1 saturated heterocycles. The van der Waals surface area contributed by atoms with Crippen LogP contribution in [0.2, 0.25) is 5.02 Å².